The van der Waals surface area contributed by atoms with Gasteiger partial charge < -0.3 is 13.7 Å². The van der Waals surface area contributed by atoms with Gasteiger partial charge in [-0.15, -0.1) is 0 Å². The van der Waals surface area contributed by atoms with Gasteiger partial charge in [-0.25, -0.2) is 0 Å². The van der Waals surface area contributed by atoms with Gasteiger partial charge in [-0.05, 0) is 106 Å². The largest absolute Gasteiger partial charge is 0.309 e. The fourth-order valence-electron chi connectivity index (χ4n) is 7.88. The molecule has 0 saturated carbocycles. The van der Waals surface area contributed by atoms with Crippen LogP contribution < -0.4 is 0 Å². The monoisotopic (exact) mass is 838 g/mol. The van der Waals surface area contributed by atoms with Gasteiger partial charge in [0.05, 0.1) is 88.1 Å². The second kappa shape index (κ2) is 14.1. The molecular weight excluding hydrogens is 763 g/mol. The number of aromatic nitrogens is 3. The number of fused-ring (bicyclic) bond motifs is 9. The summed E-state index contributed by atoms with van der Waals surface area (Å²) in [5.41, 5.74) is -10.4. The minimum absolute atomic E-state index is 0.450. The van der Waals surface area contributed by atoms with E-state index in [0.717, 1.165) is 27.3 Å². The Labute approximate surface area is 415 Å². The zero-order valence-electron chi connectivity index (χ0n) is 67.6. The summed E-state index contributed by atoms with van der Waals surface area (Å²) in [5, 5.41) is -3.76. The zero-order chi connectivity index (χ0) is 72.8. The Balaban J connectivity index is 1.28. The summed E-state index contributed by atoms with van der Waals surface area (Å²) in [6.45, 7) is 0. The van der Waals surface area contributed by atoms with Crippen molar-refractivity contribution in [1.82, 2.24) is 13.7 Å². The Bertz CT molecular complexity index is 5920. The first-order valence-corrected chi connectivity index (χ1v) is 18.7. The highest BCUT2D eigenvalue weighted by molar-refractivity contribution is 6.17. The smallest absolute Gasteiger partial charge is 0.0667 e. The molecule has 0 amide bonds. The van der Waals surface area contributed by atoms with Gasteiger partial charge in [0, 0.05) is 43.7 Å². The quantitative estimate of drug-likeness (QED) is 0.158. The SMILES string of the molecule is [2H]c1c([2H])c([2H])c(-c2cc(-c3c([2H])c([2H])c([2H])c(-c4c([2H])c([2H])c([2H])c([2H])c4[2H])c3[2H])cc(-n3c4c([2H])c([2H])c([2H])c([2H])c4c4c([2H])c([2H])c(-n5c6c([2H])c([2H])c([2H])c([2H])c6c6c(-n7c8c([2H])c([2H])c([2H])c([2H])c8c8c([2H])c([2H])c([2H])c([2H])c87)c([2H])c([2H])c([2H])c65)c([2H])c43)c2)c([2H])c1[2H]. The molecule has 3 aromatic heterocycles. The zero-order valence-corrected chi connectivity index (χ0v) is 31.6. The molecule has 63 heavy (non-hydrogen) atoms. The van der Waals surface area contributed by atoms with Crippen molar-refractivity contribution < 1.29 is 49.3 Å². The molecule has 0 radical (unpaired) electrons. The summed E-state index contributed by atoms with van der Waals surface area (Å²) in [5.74, 6) is 0. The third kappa shape index (κ3) is 5.53. The van der Waals surface area contributed by atoms with E-state index in [1.54, 1.807) is 0 Å². The van der Waals surface area contributed by atoms with E-state index in [-0.39, 0.29) is 0 Å². The molecule has 0 bridgehead atoms. The van der Waals surface area contributed by atoms with E-state index in [1.165, 1.54) is 0 Å². The normalized spacial score (nSPS) is 19.8. The van der Waals surface area contributed by atoms with Crippen LogP contribution in [0.5, 0.6) is 0 Å². The van der Waals surface area contributed by atoms with Gasteiger partial charge in [0.15, 0.2) is 0 Å². The van der Waals surface area contributed by atoms with Crippen molar-refractivity contribution in [2.45, 2.75) is 0 Å². The van der Waals surface area contributed by atoms with Crippen molar-refractivity contribution in [2.75, 3.05) is 0 Å². The first kappa shape index (κ1) is 14.9. The lowest BCUT2D eigenvalue weighted by Crippen LogP contribution is -1.98. The summed E-state index contributed by atoms with van der Waals surface area (Å²) in [6, 6.07) is -31.4. The second-order valence-corrected chi connectivity index (χ2v) is 13.8. The summed E-state index contributed by atoms with van der Waals surface area (Å²) in [6.07, 6.45) is 0. The fourth-order valence-corrected chi connectivity index (χ4v) is 7.88. The van der Waals surface area contributed by atoms with Crippen molar-refractivity contribution >= 4 is 65.4 Å². The number of hydrogen-bond donors (Lipinski definition) is 0. The molecule has 13 aromatic rings. The van der Waals surface area contributed by atoms with Crippen molar-refractivity contribution in [3.05, 3.63) is 236 Å². The van der Waals surface area contributed by atoms with Gasteiger partial charge in [-0.1, -0.05) is 163 Å². The third-order valence-corrected chi connectivity index (χ3v) is 10.5. The Morgan fingerprint density at radius 3 is 1.32 bits per heavy atom. The van der Waals surface area contributed by atoms with Crippen molar-refractivity contribution in [2.24, 2.45) is 0 Å². The van der Waals surface area contributed by atoms with E-state index in [9.17, 15) is 21.9 Å². The average Bonchev–Trinajstić information content (AvgIpc) is 1.52. The van der Waals surface area contributed by atoms with Crippen LogP contribution in [0.3, 0.4) is 0 Å². The maximum atomic E-state index is 10.6. The number of benzene rings is 10. The highest BCUT2D eigenvalue weighted by Crippen LogP contribution is 2.42. The molecule has 10 aromatic carbocycles. The van der Waals surface area contributed by atoms with Crippen LogP contribution in [0.25, 0.3) is 116 Å². The molecule has 0 aliphatic rings. The maximum Gasteiger partial charge on any atom is 0.0667 e. The number of rotatable bonds is 6. The molecule has 0 aliphatic carbocycles. The summed E-state index contributed by atoms with van der Waals surface area (Å²) in [4.78, 5) is 0. The Hall–Kier alpha value is -8.40. The van der Waals surface area contributed by atoms with E-state index < -0.39 is 333 Å². The minimum atomic E-state index is -1.11. The Kier molecular flexibility index (Phi) is 3.33. The molecule has 13 rings (SSSR count). The molecule has 0 spiro atoms. The number of nitrogens with zero attached hydrogens (tertiary/aromatic N) is 3. The number of hydrogen-bond acceptors (Lipinski definition) is 0. The predicted molar refractivity (Wildman–Crippen MR) is 266 cm³/mol. The molecule has 0 saturated heterocycles. The highest BCUT2D eigenvalue weighted by Gasteiger charge is 2.21. The lowest BCUT2D eigenvalue weighted by Gasteiger charge is -2.15. The standard InChI is InChI=1S/C60H39N3/c1-3-17-40(18-4-1)42-21-15-22-43(35-42)45-36-44(41-19-5-2-6-20-41)37-47(38-45)62-53-27-11-7-25-50(53)51-34-33-46(39-59(51)62)61-56-30-14-10-26-52(56)60-57(61)31-16-32-58(60)63-54-28-12-8-23-48(54)49-24-9-13-29-55(49)63/h1-39H/i1D,2D,3D,4D,5D,6D,7D,8D,9D,10D,11D,12D,13D,14D,15D,16D,17D,18D,19D,20D,21D,22D,23D,24D,25D,26D,27D,28D,29D,30D,31D,32D,33D,34D,35D,39D. The van der Waals surface area contributed by atoms with Crippen LogP contribution in [0.2, 0.25) is 0 Å². The first-order valence-electron chi connectivity index (χ1n) is 36.7. The molecule has 0 atom stereocenters. The van der Waals surface area contributed by atoms with Gasteiger partial charge in [-0.3, -0.25) is 0 Å². The molecule has 3 heteroatoms. The van der Waals surface area contributed by atoms with Gasteiger partial charge in [0.25, 0.3) is 0 Å². The summed E-state index contributed by atoms with van der Waals surface area (Å²) in [7, 11) is 0. The molecule has 0 fully saturated rings. The molecule has 3 heterocycles. The Morgan fingerprint density at radius 1 is 0.254 bits per heavy atom. The molecule has 294 valence electrons. The van der Waals surface area contributed by atoms with Crippen molar-refractivity contribution in [1.29, 1.82) is 0 Å². The predicted octanol–water partition coefficient (Wildman–Crippen LogP) is 16.0. The van der Waals surface area contributed by atoms with Gasteiger partial charge in [0.1, 0.15) is 0 Å². The van der Waals surface area contributed by atoms with E-state index in [2.05, 4.69) is 0 Å². The third-order valence-electron chi connectivity index (χ3n) is 10.5. The van der Waals surface area contributed by atoms with Crippen LogP contribution >= 0.6 is 0 Å². The van der Waals surface area contributed by atoms with E-state index >= 15 is 0 Å². The topological polar surface area (TPSA) is 14.8 Å². The lowest BCUT2D eigenvalue weighted by atomic mass is 9.95. The molecule has 0 aliphatic heterocycles. The van der Waals surface area contributed by atoms with Crippen molar-refractivity contribution in [3.63, 3.8) is 0 Å². The molecule has 0 N–H and O–H groups in total. The highest BCUT2D eigenvalue weighted by atomic mass is 15.0. The first-order chi connectivity index (χ1) is 46.2. The summed E-state index contributed by atoms with van der Waals surface area (Å²) >= 11 is 0. The van der Waals surface area contributed by atoms with Crippen molar-refractivity contribution in [3.8, 4) is 50.4 Å². The summed E-state index contributed by atoms with van der Waals surface area (Å²) < 4.78 is 333. The van der Waals surface area contributed by atoms with Gasteiger partial charge >= 0.3 is 0 Å². The van der Waals surface area contributed by atoms with E-state index in [4.69, 9.17) is 27.4 Å². The van der Waals surface area contributed by atoms with Crippen LogP contribution in [-0.4, -0.2) is 13.7 Å². The van der Waals surface area contributed by atoms with E-state index in [1.807, 2.05) is 0 Å². The Morgan fingerprint density at radius 2 is 0.683 bits per heavy atom. The van der Waals surface area contributed by atoms with Crippen LogP contribution in [0, 0.1) is 0 Å². The van der Waals surface area contributed by atoms with Gasteiger partial charge in [-0.2, -0.15) is 0 Å². The maximum absolute atomic E-state index is 10.6. The van der Waals surface area contributed by atoms with Crippen LogP contribution in [0.15, 0.2) is 236 Å². The molecular formula is C60H39N3. The molecule has 3 nitrogen and oxygen atoms in total. The van der Waals surface area contributed by atoms with Crippen LogP contribution in [0.1, 0.15) is 49.3 Å². The van der Waals surface area contributed by atoms with Crippen LogP contribution in [0.4, 0.5) is 0 Å². The second-order valence-electron chi connectivity index (χ2n) is 13.8. The van der Waals surface area contributed by atoms with E-state index in [0.29, 0.717) is 4.57 Å². The van der Waals surface area contributed by atoms with Gasteiger partial charge in [0.2, 0.25) is 0 Å². The molecule has 0 unspecified atom stereocenters. The van der Waals surface area contributed by atoms with Crippen LogP contribution in [-0.2, 0) is 0 Å². The average molecular weight is 838 g/mol. The minimum Gasteiger partial charge on any atom is -0.309 e. The lowest BCUT2D eigenvalue weighted by molar-refractivity contribution is 1.15. The fraction of sp³-hybridized carbons (Fsp3) is 0. The number of para-hydroxylation sites is 4.